The van der Waals surface area contributed by atoms with Gasteiger partial charge in [-0.05, 0) is 39.7 Å². The van der Waals surface area contributed by atoms with Crippen LogP contribution < -0.4 is 5.73 Å². The first kappa shape index (κ1) is 11.6. The van der Waals surface area contributed by atoms with Crippen LogP contribution in [0.3, 0.4) is 0 Å². The SMILES string of the molecule is CC(C)n1nc(C2CCCC2)cc1[C@H](C)N. The van der Waals surface area contributed by atoms with Crippen molar-refractivity contribution in [1.29, 1.82) is 0 Å². The minimum atomic E-state index is 0.0741. The van der Waals surface area contributed by atoms with E-state index in [2.05, 4.69) is 24.6 Å². The van der Waals surface area contributed by atoms with Crippen molar-refractivity contribution >= 4 is 0 Å². The van der Waals surface area contributed by atoms with Crippen LogP contribution in [0.4, 0.5) is 0 Å². The maximum absolute atomic E-state index is 6.00. The average Bonchev–Trinajstić information content (AvgIpc) is 2.86. The lowest BCUT2D eigenvalue weighted by molar-refractivity contribution is 0.485. The Kier molecular flexibility index (Phi) is 3.33. The van der Waals surface area contributed by atoms with E-state index in [1.807, 2.05) is 6.92 Å². The number of aromatic nitrogens is 2. The first-order valence-electron chi connectivity index (χ1n) is 6.44. The largest absolute Gasteiger partial charge is 0.323 e. The number of hydrogen-bond donors (Lipinski definition) is 1. The molecule has 1 aromatic rings. The topological polar surface area (TPSA) is 43.8 Å². The molecule has 0 unspecified atom stereocenters. The molecule has 1 atom stereocenters. The maximum Gasteiger partial charge on any atom is 0.0659 e. The summed E-state index contributed by atoms with van der Waals surface area (Å²) in [6, 6.07) is 2.70. The highest BCUT2D eigenvalue weighted by atomic mass is 15.3. The van der Waals surface area contributed by atoms with E-state index in [1.54, 1.807) is 0 Å². The summed E-state index contributed by atoms with van der Waals surface area (Å²) in [5.74, 6) is 0.678. The zero-order valence-electron chi connectivity index (χ0n) is 10.6. The van der Waals surface area contributed by atoms with Gasteiger partial charge in [-0.3, -0.25) is 4.68 Å². The molecule has 1 aromatic heterocycles. The van der Waals surface area contributed by atoms with Crippen molar-refractivity contribution in [2.75, 3.05) is 0 Å². The summed E-state index contributed by atoms with van der Waals surface area (Å²) in [7, 11) is 0. The number of nitrogens with two attached hydrogens (primary N) is 1. The van der Waals surface area contributed by atoms with E-state index >= 15 is 0 Å². The standard InChI is InChI=1S/C13H23N3/c1-9(2)16-13(10(3)14)8-12(15-16)11-6-4-5-7-11/h8-11H,4-7,14H2,1-3H3/t10-/m0/s1. The Hall–Kier alpha value is -0.830. The smallest absolute Gasteiger partial charge is 0.0659 e. The molecule has 1 heterocycles. The monoisotopic (exact) mass is 221 g/mol. The Balaban J connectivity index is 2.30. The fourth-order valence-electron chi connectivity index (χ4n) is 2.60. The first-order chi connectivity index (χ1) is 7.59. The van der Waals surface area contributed by atoms with E-state index < -0.39 is 0 Å². The van der Waals surface area contributed by atoms with Gasteiger partial charge < -0.3 is 5.73 Å². The lowest BCUT2D eigenvalue weighted by Gasteiger charge is -2.12. The molecule has 0 spiro atoms. The van der Waals surface area contributed by atoms with Gasteiger partial charge in [-0.1, -0.05) is 12.8 Å². The van der Waals surface area contributed by atoms with Crippen LogP contribution in [0.15, 0.2) is 6.07 Å². The van der Waals surface area contributed by atoms with Crippen LogP contribution in [0.25, 0.3) is 0 Å². The molecule has 0 bridgehead atoms. The molecule has 1 aliphatic carbocycles. The third kappa shape index (κ3) is 2.14. The number of hydrogen-bond acceptors (Lipinski definition) is 2. The molecule has 3 heteroatoms. The molecule has 1 fully saturated rings. The summed E-state index contributed by atoms with van der Waals surface area (Å²) < 4.78 is 2.10. The van der Waals surface area contributed by atoms with Gasteiger partial charge in [-0.25, -0.2) is 0 Å². The van der Waals surface area contributed by atoms with E-state index in [9.17, 15) is 0 Å². The van der Waals surface area contributed by atoms with Crippen LogP contribution in [0.1, 0.15) is 75.8 Å². The second-order valence-electron chi connectivity index (χ2n) is 5.30. The minimum absolute atomic E-state index is 0.0741. The molecule has 3 nitrogen and oxygen atoms in total. The zero-order valence-corrected chi connectivity index (χ0v) is 10.6. The third-order valence-corrected chi connectivity index (χ3v) is 3.51. The Morgan fingerprint density at radius 2 is 1.94 bits per heavy atom. The predicted octanol–water partition coefficient (Wildman–Crippen LogP) is 3.14. The van der Waals surface area contributed by atoms with Crippen LogP contribution in [-0.4, -0.2) is 9.78 Å². The molecule has 0 radical (unpaired) electrons. The van der Waals surface area contributed by atoms with Gasteiger partial charge >= 0.3 is 0 Å². The van der Waals surface area contributed by atoms with E-state index in [4.69, 9.17) is 10.8 Å². The first-order valence-corrected chi connectivity index (χ1v) is 6.44. The predicted molar refractivity (Wildman–Crippen MR) is 66.4 cm³/mol. The second-order valence-corrected chi connectivity index (χ2v) is 5.30. The van der Waals surface area contributed by atoms with Crippen LogP contribution in [0.2, 0.25) is 0 Å². The van der Waals surface area contributed by atoms with Crippen LogP contribution in [0.5, 0.6) is 0 Å². The lowest BCUT2D eigenvalue weighted by atomic mass is 10.0. The van der Waals surface area contributed by atoms with Crippen LogP contribution in [0, 0.1) is 0 Å². The Labute approximate surface area is 98.0 Å². The lowest BCUT2D eigenvalue weighted by Crippen LogP contribution is -2.14. The Morgan fingerprint density at radius 3 is 2.38 bits per heavy atom. The van der Waals surface area contributed by atoms with Crippen LogP contribution >= 0.6 is 0 Å². The van der Waals surface area contributed by atoms with Gasteiger partial charge in [0.1, 0.15) is 0 Å². The molecule has 2 rings (SSSR count). The molecule has 0 aliphatic heterocycles. The highest BCUT2D eigenvalue weighted by Gasteiger charge is 2.22. The normalized spacial score (nSPS) is 19.6. The molecule has 1 saturated carbocycles. The Morgan fingerprint density at radius 1 is 1.31 bits per heavy atom. The van der Waals surface area contributed by atoms with Crippen molar-refractivity contribution in [2.24, 2.45) is 5.73 Å². The molecule has 90 valence electrons. The van der Waals surface area contributed by atoms with Crippen molar-refractivity contribution in [3.63, 3.8) is 0 Å². The summed E-state index contributed by atoms with van der Waals surface area (Å²) in [5.41, 5.74) is 8.44. The summed E-state index contributed by atoms with van der Waals surface area (Å²) in [5, 5.41) is 4.75. The molecule has 1 aliphatic rings. The van der Waals surface area contributed by atoms with Gasteiger partial charge in [0.05, 0.1) is 11.4 Å². The van der Waals surface area contributed by atoms with Crippen LogP contribution in [-0.2, 0) is 0 Å². The molecule has 2 N–H and O–H groups in total. The molecule has 0 saturated heterocycles. The van der Waals surface area contributed by atoms with Gasteiger partial charge in [-0.2, -0.15) is 5.10 Å². The molecular weight excluding hydrogens is 198 g/mol. The van der Waals surface area contributed by atoms with E-state index in [1.165, 1.54) is 37.1 Å². The Bertz CT molecular complexity index is 321. The molecular formula is C13H23N3. The zero-order chi connectivity index (χ0) is 11.7. The van der Waals surface area contributed by atoms with Crippen molar-refractivity contribution < 1.29 is 0 Å². The highest BCUT2D eigenvalue weighted by Crippen LogP contribution is 2.34. The van der Waals surface area contributed by atoms with Crippen molar-refractivity contribution in [2.45, 2.75) is 64.5 Å². The van der Waals surface area contributed by atoms with Crippen molar-refractivity contribution in [1.82, 2.24) is 9.78 Å². The fourth-order valence-corrected chi connectivity index (χ4v) is 2.60. The summed E-state index contributed by atoms with van der Waals surface area (Å²) >= 11 is 0. The molecule has 16 heavy (non-hydrogen) atoms. The van der Waals surface area contributed by atoms with Crippen molar-refractivity contribution in [3.05, 3.63) is 17.5 Å². The highest BCUT2D eigenvalue weighted by molar-refractivity contribution is 5.18. The van der Waals surface area contributed by atoms with E-state index in [-0.39, 0.29) is 6.04 Å². The van der Waals surface area contributed by atoms with Gasteiger partial charge in [0.25, 0.3) is 0 Å². The fraction of sp³-hybridized carbons (Fsp3) is 0.769. The molecule has 0 aromatic carbocycles. The van der Waals surface area contributed by atoms with Gasteiger partial charge in [-0.15, -0.1) is 0 Å². The summed E-state index contributed by atoms with van der Waals surface area (Å²) in [6.45, 7) is 6.36. The second kappa shape index (κ2) is 4.58. The van der Waals surface area contributed by atoms with E-state index in [0.29, 0.717) is 12.0 Å². The third-order valence-electron chi connectivity index (χ3n) is 3.51. The molecule has 0 amide bonds. The van der Waals surface area contributed by atoms with Crippen molar-refractivity contribution in [3.8, 4) is 0 Å². The van der Waals surface area contributed by atoms with Gasteiger partial charge in [0.15, 0.2) is 0 Å². The maximum atomic E-state index is 6.00. The number of rotatable bonds is 3. The minimum Gasteiger partial charge on any atom is -0.323 e. The van der Waals surface area contributed by atoms with Gasteiger partial charge in [0, 0.05) is 18.0 Å². The van der Waals surface area contributed by atoms with Gasteiger partial charge in [0.2, 0.25) is 0 Å². The quantitative estimate of drug-likeness (QED) is 0.852. The van der Waals surface area contributed by atoms with E-state index in [0.717, 1.165) is 0 Å². The summed E-state index contributed by atoms with van der Waals surface area (Å²) in [4.78, 5) is 0. The summed E-state index contributed by atoms with van der Waals surface area (Å²) in [6.07, 6.45) is 5.31. The average molecular weight is 221 g/mol. The number of nitrogens with zero attached hydrogens (tertiary/aromatic N) is 2.